The third-order valence-corrected chi connectivity index (χ3v) is 3.95. The van der Waals surface area contributed by atoms with Crippen molar-refractivity contribution in [1.82, 2.24) is 4.57 Å². The van der Waals surface area contributed by atoms with Crippen LogP contribution in [0.3, 0.4) is 0 Å². The monoisotopic (exact) mass is 263 g/mol. The topological polar surface area (TPSA) is 29.6 Å². The minimum atomic E-state index is 0.767. The average molecular weight is 263 g/mol. The van der Waals surface area contributed by atoms with Crippen LogP contribution in [0.15, 0.2) is 45.8 Å². The number of aromatic nitrogens is 1. The smallest absolute Gasteiger partial charge is 0.211 e. The SMILES string of the molecule is C=CCn1c(C)cs/c1=N\N=C\c1cccs1. The van der Waals surface area contributed by atoms with E-state index in [1.165, 1.54) is 5.69 Å². The van der Waals surface area contributed by atoms with E-state index in [0.717, 1.165) is 16.2 Å². The minimum absolute atomic E-state index is 0.767. The van der Waals surface area contributed by atoms with E-state index in [2.05, 4.69) is 33.7 Å². The summed E-state index contributed by atoms with van der Waals surface area (Å²) in [7, 11) is 0. The van der Waals surface area contributed by atoms with E-state index >= 15 is 0 Å². The average Bonchev–Trinajstić information content (AvgIpc) is 2.93. The van der Waals surface area contributed by atoms with Crippen LogP contribution in [-0.2, 0) is 6.54 Å². The molecule has 2 heterocycles. The second-order valence-corrected chi connectivity index (χ2v) is 5.23. The summed E-state index contributed by atoms with van der Waals surface area (Å²) in [4.78, 5) is 2.01. The fourth-order valence-electron chi connectivity index (χ4n) is 1.34. The normalized spacial score (nSPS) is 12.4. The molecule has 2 aromatic rings. The lowest BCUT2D eigenvalue weighted by atomic mass is 10.5. The Labute approximate surface area is 108 Å². The van der Waals surface area contributed by atoms with E-state index in [1.54, 1.807) is 28.9 Å². The summed E-state index contributed by atoms with van der Waals surface area (Å²) in [5, 5.41) is 12.4. The second-order valence-electron chi connectivity index (χ2n) is 3.42. The predicted octanol–water partition coefficient (Wildman–Crippen LogP) is 3.04. The van der Waals surface area contributed by atoms with Gasteiger partial charge in [0.25, 0.3) is 0 Å². The maximum Gasteiger partial charge on any atom is 0.211 e. The maximum absolute atomic E-state index is 4.23. The van der Waals surface area contributed by atoms with E-state index in [0.29, 0.717) is 0 Å². The molecular formula is C12H13N3S2. The number of aryl methyl sites for hydroxylation is 1. The Hall–Kier alpha value is -1.46. The van der Waals surface area contributed by atoms with Crippen molar-refractivity contribution in [2.45, 2.75) is 13.5 Å². The van der Waals surface area contributed by atoms with Crippen LogP contribution in [-0.4, -0.2) is 10.8 Å². The number of hydrogen-bond donors (Lipinski definition) is 0. The van der Waals surface area contributed by atoms with E-state index in [4.69, 9.17) is 0 Å². The summed E-state index contributed by atoms with van der Waals surface area (Å²) in [6, 6.07) is 4.01. The molecule has 2 aromatic heterocycles. The Morgan fingerprint density at radius 2 is 2.35 bits per heavy atom. The number of rotatable bonds is 4. The van der Waals surface area contributed by atoms with Crippen LogP contribution >= 0.6 is 22.7 Å². The molecule has 2 rings (SSSR count). The molecule has 0 saturated carbocycles. The van der Waals surface area contributed by atoms with Crippen LogP contribution in [0, 0.1) is 6.92 Å². The van der Waals surface area contributed by atoms with Crippen LogP contribution in [0.5, 0.6) is 0 Å². The zero-order valence-electron chi connectivity index (χ0n) is 9.54. The molecule has 0 radical (unpaired) electrons. The highest BCUT2D eigenvalue weighted by atomic mass is 32.1. The molecule has 0 aliphatic carbocycles. The molecule has 0 aromatic carbocycles. The number of thiazole rings is 1. The lowest BCUT2D eigenvalue weighted by Crippen LogP contribution is -2.14. The van der Waals surface area contributed by atoms with Crippen molar-refractivity contribution < 1.29 is 0 Å². The molecule has 5 heteroatoms. The van der Waals surface area contributed by atoms with Gasteiger partial charge in [0.15, 0.2) is 0 Å². The maximum atomic E-state index is 4.23. The lowest BCUT2D eigenvalue weighted by molar-refractivity contribution is 0.752. The molecular weight excluding hydrogens is 250 g/mol. The zero-order chi connectivity index (χ0) is 12.1. The van der Waals surface area contributed by atoms with Gasteiger partial charge in [-0.25, -0.2) is 0 Å². The Morgan fingerprint density at radius 3 is 3.06 bits per heavy atom. The molecule has 0 saturated heterocycles. The summed E-state index contributed by atoms with van der Waals surface area (Å²) in [5.74, 6) is 0. The van der Waals surface area contributed by atoms with E-state index in [1.807, 2.05) is 23.6 Å². The molecule has 0 bridgehead atoms. The van der Waals surface area contributed by atoms with Gasteiger partial charge >= 0.3 is 0 Å². The summed E-state index contributed by atoms with van der Waals surface area (Å²) >= 11 is 3.24. The van der Waals surface area contributed by atoms with Crippen LogP contribution < -0.4 is 4.80 Å². The second kappa shape index (κ2) is 5.75. The highest BCUT2D eigenvalue weighted by Crippen LogP contribution is 2.04. The number of hydrogen-bond acceptors (Lipinski definition) is 4. The molecule has 3 nitrogen and oxygen atoms in total. The Balaban J connectivity index is 2.24. The van der Waals surface area contributed by atoms with Crippen molar-refractivity contribution in [2.75, 3.05) is 0 Å². The predicted molar refractivity (Wildman–Crippen MR) is 74.7 cm³/mol. The van der Waals surface area contributed by atoms with Crippen LogP contribution in [0.25, 0.3) is 0 Å². The Morgan fingerprint density at radius 1 is 1.47 bits per heavy atom. The standard InChI is InChI=1S/C12H13N3S2/c1-3-6-15-10(2)9-17-12(15)14-13-8-11-5-4-7-16-11/h3-5,7-9H,1,6H2,2H3/b13-8+,14-12-. The van der Waals surface area contributed by atoms with Gasteiger partial charge in [-0.15, -0.1) is 34.4 Å². The van der Waals surface area contributed by atoms with E-state index < -0.39 is 0 Å². The first kappa shape index (κ1) is 12.0. The largest absolute Gasteiger partial charge is 0.316 e. The van der Waals surface area contributed by atoms with Gasteiger partial charge in [-0.2, -0.15) is 5.10 Å². The molecule has 0 aliphatic rings. The first-order valence-corrected chi connectivity index (χ1v) is 6.93. The van der Waals surface area contributed by atoms with Crippen molar-refractivity contribution in [1.29, 1.82) is 0 Å². The molecule has 0 atom stereocenters. The van der Waals surface area contributed by atoms with Gasteiger partial charge in [-0.3, -0.25) is 0 Å². The fourth-order valence-corrected chi connectivity index (χ4v) is 2.77. The molecule has 0 unspecified atom stereocenters. The Kier molecular flexibility index (Phi) is 4.06. The van der Waals surface area contributed by atoms with Gasteiger partial charge in [-0.05, 0) is 18.4 Å². The van der Waals surface area contributed by atoms with Crippen molar-refractivity contribution in [3.05, 3.63) is 50.9 Å². The summed E-state index contributed by atoms with van der Waals surface area (Å²) < 4.78 is 2.09. The number of allylic oxidation sites excluding steroid dienone is 1. The van der Waals surface area contributed by atoms with E-state index in [-0.39, 0.29) is 0 Å². The van der Waals surface area contributed by atoms with Gasteiger partial charge in [0, 0.05) is 22.5 Å². The molecule has 0 spiro atoms. The molecule has 17 heavy (non-hydrogen) atoms. The minimum Gasteiger partial charge on any atom is -0.316 e. The molecule has 88 valence electrons. The quantitative estimate of drug-likeness (QED) is 0.461. The van der Waals surface area contributed by atoms with Gasteiger partial charge in [0.05, 0.1) is 6.21 Å². The first-order valence-electron chi connectivity index (χ1n) is 5.17. The zero-order valence-corrected chi connectivity index (χ0v) is 11.2. The van der Waals surface area contributed by atoms with Gasteiger partial charge < -0.3 is 4.57 Å². The van der Waals surface area contributed by atoms with Gasteiger partial charge in [0.2, 0.25) is 4.80 Å². The summed E-state index contributed by atoms with van der Waals surface area (Å²) in [6.45, 7) is 6.57. The summed E-state index contributed by atoms with van der Waals surface area (Å²) in [5.41, 5.74) is 1.18. The van der Waals surface area contributed by atoms with Crippen molar-refractivity contribution in [3.8, 4) is 0 Å². The number of nitrogens with zero attached hydrogens (tertiary/aromatic N) is 3. The third kappa shape index (κ3) is 3.01. The van der Waals surface area contributed by atoms with Crippen molar-refractivity contribution >= 4 is 28.9 Å². The molecule has 0 fully saturated rings. The molecule has 0 aliphatic heterocycles. The van der Waals surface area contributed by atoms with E-state index in [9.17, 15) is 0 Å². The number of thiophene rings is 1. The highest BCUT2D eigenvalue weighted by molar-refractivity contribution is 7.11. The molecule has 0 amide bonds. The van der Waals surface area contributed by atoms with Crippen LogP contribution in [0.2, 0.25) is 0 Å². The lowest BCUT2D eigenvalue weighted by Gasteiger charge is -1.98. The fraction of sp³-hybridized carbons (Fsp3) is 0.167. The van der Waals surface area contributed by atoms with Crippen LogP contribution in [0.4, 0.5) is 0 Å². The van der Waals surface area contributed by atoms with Gasteiger partial charge in [-0.1, -0.05) is 12.1 Å². The Bertz CT molecular complexity index is 573. The highest BCUT2D eigenvalue weighted by Gasteiger charge is 1.97. The van der Waals surface area contributed by atoms with Crippen molar-refractivity contribution in [2.24, 2.45) is 10.2 Å². The third-order valence-electron chi connectivity index (χ3n) is 2.17. The van der Waals surface area contributed by atoms with Gasteiger partial charge in [0.1, 0.15) is 0 Å². The first-order chi connectivity index (χ1) is 8.31. The molecule has 0 N–H and O–H groups in total. The summed E-state index contributed by atoms with van der Waals surface area (Å²) in [6.07, 6.45) is 3.64. The van der Waals surface area contributed by atoms with Crippen molar-refractivity contribution in [3.63, 3.8) is 0 Å². The van der Waals surface area contributed by atoms with Crippen LogP contribution in [0.1, 0.15) is 10.6 Å².